The normalized spacial score (nSPS) is 14.3. The summed E-state index contributed by atoms with van der Waals surface area (Å²) >= 11 is 9.69. The molecule has 0 aliphatic heterocycles. The van der Waals surface area contributed by atoms with Gasteiger partial charge in [-0.15, -0.1) is 0 Å². The number of fused-ring (bicyclic) bond motifs is 1. The molecule has 1 aromatic carbocycles. The second-order valence-electron chi connectivity index (χ2n) is 5.53. The van der Waals surface area contributed by atoms with E-state index >= 15 is 0 Å². The minimum atomic E-state index is -0.589. The number of benzene rings is 1. The molecule has 1 aliphatic rings. The molecule has 5 nitrogen and oxygen atoms in total. The molecule has 23 heavy (non-hydrogen) atoms. The van der Waals surface area contributed by atoms with E-state index in [1.165, 1.54) is 4.57 Å². The molecule has 2 aromatic heterocycles. The van der Waals surface area contributed by atoms with Crippen LogP contribution in [-0.2, 0) is 0 Å². The molecular weight excluding hydrogens is 382 g/mol. The predicted octanol–water partition coefficient (Wildman–Crippen LogP) is 3.78. The summed E-state index contributed by atoms with van der Waals surface area (Å²) < 4.78 is 2.30. The zero-order chi connectivity index (χ0) is 16.1. The Labute approximate surface area is 144 Å². The fraction of sp³-hybridized carbons (Fsp3) is 0.188. The van der Waals surface area contributed by atoms with Crippen LogP contribution < -0.4 is 5.69 Å². The highest BCUT2D eigenvalue weighted by molar-refractivity contribution is 9.10. The van der Waals surface area contributed by atoms with Crippen molar-refractivity contribution in [1.29, 1.82) is 0 Å². The van der Waals surface area contributed by atoms with Gasteiger partial charge in [0.15, 0.2) is 5.15 Å². The molecule has 0 bridgehead atoms. The van der Waals surface area contributed by atoms with Crippen LogP contribution in [0.4, 0.5) is 0 Å². The molecule has 3 aromatic rings. The van der Waals surface area contributed by atoms with Crippen molar-refractivity contribution in [2.24, 2.45) is 0 Å². The van der Waals surface area contributed by atoms with E-state index < -0.39 is 5.69 Å². The highest BCUT2D eigenvalue weighted by atomic mass is 79.9. The van der Waals surface area contributed by atoms with Crippen molar-refractivity contribution in [3.05, 3.63) is 56.1 Å². The summed E-state index contributed by atoms with van der Waals surface area (Å²) in [6.07, 6.45) is 3.80. The number of nitrogens with zero attached hydrogens (tertiary/aromatic N) is 3. The Morgan fingerprint density at radius 2 is 2.13 bits per heavy atom. The van der Waals surface area contributed by atoms with Crippen LogP contribution in [0.15, 0.2) is 39.7 Å². The van der Waals surface area contributed by atoms with Gasteiger partial charge in [0.1, 0.15) is 0 Å². The first-order valence-corrected chi connectivity index (χ1v) is 8.29. The molecule has 0 unspecified atom stereocenters. The Hall–Kier alpha value is -1.92. The number of hydrogen-bond acceptors (Lipinski definition) is 4. The van der Waals surface area contributed by atoms with Crippen LogP contribution in [0.3, 0.4) is 0 Å². The monoisotopic (exact) mass is 391 g/mol. The first-order valence-electron chi connectivity index (χ1n) is 7.12. The van der Waals surface area contributed by atoms with Gasteiger partial charge in [-0.25, -0.2) is 9.78 Å². The molecule has 0 spiro atoms. The van der Waals surface area contributed by atoms with Crippen LogP contribution >= 0.6 is 27.5 Å². The summed E-state index contributed by atoms with van der Waals surface area (Å²) in [6.45, 7) is 0. The molecule has 4 rings (SSSR count). The maximum Gasteiger partial charge on any atom is 0.356 e. The maximum absolute atomic E-state index is 12.4. The lowest BCUT2D eigenvalue weighted by Crippen LogP contribution is -2.22. The summed E-state index contributed by atoms with van der Waals surface area (Å²) in [7, 11) is 0. The average molecular weight is 393 g/mol. The van der Waals surface area contributed by atoms with Gasteiger partial charge in [0, 0.05) is 10.7 Å². The third kappa shape index (κ3) is 2.42. The number of aromatic nitrogens is 3. The third-order valence-corrected chi connectivity index (χ3v) is 4.97. The molecule has 0 saturated heterocycles. The van der Waals surface area contributed by atoms with Gasteiger partial charge in [0.25, 0.3) is 0 Å². The number of rotatable bonds is 2. The topological polar surface area (TPSA) is 68.0 Å². The van der Waals surface area contributed by atoms with Gasteiger partial charge < -0.3 is 5.11 Å². The Balaban J connectivity index is 2.12. The molecule has 0 radical (unpaired) electrons. The van der Waals surface area contributed by atoms with Gasteiger partial charge >= 0.3 is 5.69 Å². The van der Waals surface area contributed by atoms with Gasteiger partial charge in [0.2, 0.25) is 5.88 Å². The van der Waals surface area contributed by atoms with E-state index in [1.807, 2.05) is 6.07 Å². The average Bonchev–Trinajstić information content (AvgIpc) is 3.34. The van der Waals surface area contributed by atoms with Crippen molar-refractivity contribution < 1.29 is 5.11 Å². The van der Waals surface area contributed by atoms with E-state index in [9.17, 15) is 9.90 Å². The van der Waals surface area contributed by atoms with Crippen molar-refractivity contribution in [2.75, 3.05) is 0 Å². The highest BCUT2D eigenvalue weighted by Crippen LogP contribution is 2.45. The van der Waals surface area contributed by atoms with Crippen molar-refractivity contribution in [3.63, 3.8) is 0 Å². The zero-order valence-electron chi connectivity index (χ0n) is 11.8. The van der Waals surface area contributed by atoms with E-state index in [2.05, 4.69) is 25.9 Å². The molecule has 7 heteroatoms. The second kappa shape index (κ2) is 5.32. The first-order chi connectivity index (χ1) is 11.1. The Morgan fingerprint density at radius 1 is 1.35 bits per heavy atom. The molecular formula is C16H11BrClN3O2. The first kappa shape index (κ1) is 14.7. The lowest BCUT2D eigenvalue weighted by Gasteiger charge is -2.13. The van der Waals surface area contributed by atoms with E-state index in [-0.39, 0.29) is 11.0 Å². The van der Waals surface area contributed by atoms with Crippen LogP contribution in [0, 0.1) is 0 Å². The third-order valence-electron chi connectivity index (χ3n) is 3.99. The van der Waals surface area contributed by atoms with Gasteiger partial charge in [-0.1, -0.05) is 27.5 Å². The summed E-state index contributed by atoms with van der Waals surface area (Å²) in [5.74, 6) is 0.196. The number of pyridine rings is 1. The number of aromatic hydroxyl groups is 1. The Morgan fingerprint density at radius 3 is 2.83 bits per heavy atom. The van der Waals surface area contributed by atoms with Crippen LogP contribution in [0.25, 0.3) is 16.6 Å². The van der Waals surface area contributed by atoms with E-state index in [1.54, 1.807) is 24.4 Å². The minimum Gasteiger partial charge on any atom is -0.493 e. The molecule has 1 N–H and O–H groups in total. The summed E-state index contributed by atoms with van der Waals surface area (Å²) in [4.78, 5) is 20.1. The smallest absolute Gasteiger partial charge is 0.356 e. The summed E-state index contributed by atoms with van der Waals surface area (Å²) in [6, 6.07) is 7.12. The predicted molar refractivity (Wildman–Crippen MR) is 91.5 cm³/mol. The van der Waals surface area contributed by atoms with Crippen LogP contribution in [0.1, 0.15) is 24.3 Å². The summed E-state index contributed by atoms with van der Waals surface area (Å²) in [5, 5.41) is 10.8. The van der Waals surface area contributed by atoms with Crippen molar-refractivity contribution in [1.82, 2.24) is 14.5 Å². The van der Waals surface area contributed by atoms with Crippen LogP contribution in [-0.4, -0.2) is 19.6 Å². The summed E-state index contributed by atoms with van der Waals surface area (Å²) in [5.41, 5.74) is 1.55. The standard InChI is InChI=1S/C16H11BrClN3O2/c17-11-6-10-13(7-9(11)8-3-4-8)21(16(23)20-15(10)22)12-2-1-5-19-14(12)18/h1-2,5-8H,3-4H2,(H,20,22,23). The SMILES string of the molecule is O=c1nc(O)c2cc(Br)c(C3CC3)cc2n1-c1cccnc1Cl. The van der Waals surface area contributed by atoms with Gasteiger partial charge in [-0.05, 0) is 48.6 Å². The fourth-order valence-electron chi connectivity index (χ4n) is 2.73. The van der Waals surface area contributed by atoms with Crippen LogP contribution in [0.5, 0.6) is 5.88 Å². The maximum atomic E-state index is 12.4. The molecule has 2 heterocycles. The van der Waals surface area contributed by atoms with E-state index in [4.69, 9.17) is 11.6 Å². The highest BCUT2D eigenvalue weighted by Gasteiger charge is 2.27. The lowest BCUT2D eigenvalue weighted by atomic mass is 10.1. The quantitative estimate of drug-likeness (QED) is 0.674. The molecule has 116 valence electrons. The number of halogens is 2. The fourth-order valence-corrected chi connectivity index (χ4v) is 3.60. The van der Waals surface area contributed by atoms with Crippen molar-refractivity contribution in [2.45, 2.75) is 18.8 Å². The molecule has 1 saturated carbocycles. The molecule has 0 amide bonds. The lowest BCUT2D eigenvalue weighted by molar-refractivity contribution is 0.456. The second-order valence-corrected chi connectivity index (χ2v) is 6.74. The van der Waals surface area contributed by atoms with Gasteiger partial charge in [-0.3, -0.25) is 4.57 Å². The minimum absolute atomic E-state index is 0.208. The van der Waals surface area contributed by atoms with Gasteiger partial charge in [0.05, 0.1) is 16.6 Å². The van der Waals surface area contributed by atoms with Crippen molar-refractivity contribution >= 4 is 38.4 Å². The zero-order valence-corrected chi connectivity index (χ0v) is 14.2. The molecule has 0 atom stereocenters. The van der Waals surface area contributed by atoms with Gasteiger partial charge in [-0.2, -0.15) is 4.98 Å². The molecule has 1 aliphatic carbocycles. The molecule has 1 fully saturated rings. The van der Waals surface area contributed by atoms with Crippen molar-refractivity contribution in [3.8, 4) is 11.6 Å². The van der Waals surface area contributed by atoms with Crippen LogP contribution in [0.2, 0.25) is 5.15 Å². The Bertz CT molecular complexity index is 999. The Kier molecular flexibility index (Phi) is 3.39. The number of hydrogen-bond donors (Lipinski definition) is 1. The largest absolute Gasteiger partial charge is 0.493 e. The van der Waals surface area contributed by atoms with E-state index in [0.29, 0.717) is 22.5 Å². The van der Waals surface area contributed by atoms with E-state index in [0.717, 1.165) is 22.9 Å².